The molecule has 182 valence electrons. The molecule has 0 fully saturated rings. The van der Waals surface area contributed by atoms with Crippen molar-refractivity contribution in [2.24, 2.45) is 0 Å². The van der Waals surface area contributed by atoms with Gasteiger partial charge in [-0.05, 0) is 39.3 Å². The summed E-state index contributed by atoms with van der Waals surface area (Å²) in [6.45, 7) is 0.422. The third-order valence-electron chi connectivity index (χ3n) is 5.17. The second-order valence-corrected chi connectivity index (χ2v) is 8.14. The molecule has 0 aliphatic rings. The first kappa shape index (κ1) is 25.1. The Balaban J connectivity index is 1.93. The van der Waals surface area contributed by atoms with Gasteiger partial charge in [0.25, 0.3) is 0 Å². The minimum atomic E-state index is -1.25. The lowest BCUT2D eigenvalue weighted by Gasteiger charge is -2.18. The highest BCUT2D eigenvalue weighted by Crippen LogP contribution is 2.32. The van der Waals surface area contributed by atoms with Gasteiger partial charge in [0.05, 0.1) is 28.9 Å². The number of esters is 1. The van der Waals surface area contributed by atoms with E-state index in [0.717, 1.165) is 12.1 Å². The van der Waals surface area contributed by atoms with E-state index in [4.69, 9.17) is 20.6 Å². The summed E-state index contributed by atoms with van der Waals surface area (Å²) < 4.78 is 54.4. The van der Waals surface area contributed by atoms with Crippen molar-refractivity contribution < 1.29 is 27.1 Å². The van der Waals surface area contributed by atoms with Crippen LogP contribution in [0.2, 0.25) is 0 Å². The molecule has 0 amide bonds. The number of carbonyl (C=O) groups excluding carboxylic acids is 1. The largest absolute Gasteiger partial charge is 0.460 e. The summed E-state index contributed by atoms with van der Waals surface area (Å²) >= 11 is 0. The van der Waals surface area contributed by atoms with Crippen LogP contribution in [-0.4, -0.2) is 56.5 Å². The molecule has 1 aromatic heterocycles. The molecule has 4 N–H and O–H groups in total. The molecule has 0 saturated carbocycles. The number of anilines is 2. The monoisotopic (exact) mass is 478 g/mol. The maximum atomic E-state index is 15.2. The Kier molecular flexibility index (Phi) is 7.48. The Morgan fingerprint density at radius 3 is 2.41 bits per heavy atom. The topological polar surface area (TPSA) is 115 Å². The first-order chi connectivity index (χ1) is 16.0. The van der Waals surface area contributed by atoms with Gasteiger partial charge < -0.3 is 25.5 Å². The summed E-state index contributed by atoms with van der Waals surface area (Å²) in [5.74, 6) is -4.11. The second kappa shape index (κ2) is 10.1. The molecule has 0 aliphatic heterocycles. The quantitative estimate of drug-likeness (QED) is 0.375. The number of benzene rings is 2. The lowest BCUT2D eigenvalue weighted by Crippen LogP contribution is -2.33. The molecule has 34 heavy (non-hydrogen) atoms. The average Bonchev–Trinajstić information content (AvgIpc) is 2.77. The zero-order valence-electron chi connectivity index (χ0n) is 19.0. The van der Waals surface area contributed by atoms with E-state index < -0.39 is 57.7 Å². The van der Waals surface area contributed by atoms with Crippen LogP contribution in [0.15, 0.2) is 33.5 Å². The van der Waals surface area contributed by atoms with Crippen LogP contribution in [0.3, 0.4) is 0 Å². The van der Waals surface area contributed by atoms with Gasteiger partial charge in [-0.3, -0.25) is 14.5 Å². The predicted octanol–water partition coefficient (Wildman–Crippen LogP) is 2.58. The van der Waals surface area contributed by atoms with E-state index in [0.29, 0.717) is 13.1 Å². The van der Waals surface area contributed by atoms with E-state index in [9.17, 15) is 18.4 Å². The number of carbonyl (C=O) groups is 1. The molecule has 2 aromatic carbocycles. The van der Waals surface area contributed by atoms with Gasteiger partial charge in [0.2, 0.25) is 0 Å². The van der Waals surface area contributed by atoms with Crippen LogP contribution in [0.4, 0.5) is 24.5 Å². The third kappa shape index (κ3) is 5.32. The molecule has 0 unspecified atom stereocenters. The zero-order valence-corrected chi connectivity index (χ0v) is 19.0. The van der Waals surface area contributed by atoms with Gasteiger partial charge in [-0.25, -0.2) is 13.2 Å². The lowest BCUT2D eigenvalue weighted by molar-refractivity contribution is -0.146. The van der Waals surface area contributed by atoms with Gasteiger partial charge in [-0.2, -0.15) is 0 Å². The number of hydrogen-bond acceptors (Lipinski definition) is 8. The smallest absolute Gasteiger partial charge is 0.320 e. The standard InChI is InChI=1S/C23H25F3N4O4/c1-29(2)6-7-30(3)10-18(32)33-11-13-20(25)22(28)19-16(31)9-17(34-23(19)21(13)26)12-4-5-15(27)14(24)8-12/h4-5,8-9H,6-7,10-11,27-28H2,1-3H3. The summed E-state index contributed by atoms with van der Waals surface area (Å²) in [5, 5.41) is -0.506. The van der Waals surface area contributed by atoms with Crippen LogP contribution < -0.4 is 16.9 Å². The summed E-state index contributed by atoms with van der Waals surface area (Å²) in [4.78, 5) is 28.3. The van der Waals surface area contributed by atoms with E-state index in [1.165, 1.54) is 12.1 Å². The van der Waals surface area contributed by atoms with Crippen molar-refractivity contribution in [3.05, 3.63) is 57.5 Å². The first-order valence-corrected chi connectivity index (χ1v) is 10.3. The molecule has 3 rings (SSSR count). The number of halogens is 3. The maximum absolute atomic E-state index is 15.2. The third-order valence-corrected chi connectivity index (χ3v) is 5.17. The lowest BCUT2D eigenvalue weighted by atomic mass is 10.1. The molecule has 1 heterocycles. The Labute approximate surface area is 193 Å². The number of nitrogens with two attached hydrogens (primary N) is 2. The van der Waals surface area contributed by atoms with Crippen LogP contribution in [0.5, 0.6) is 0 Å². The SMILES string of the molecule is CN(C)CCN(C)CC(=O)OCc1c(F)c(N)c2c(=O)cc(-c3ccc(N)c(F)c3)oc2c1F. The normalized spacial score (nSPS) is 11.5. The molecule has 11 heteroatoms. The Bertz CT molecular complexity index is 1290. The molecule has 0 bridgehead atoms. The number of rotatable bonds is 8. The van der Waals surface area contributed by atoms with Crippen molar-refractivity contribution in [2.75, 3.05) is 52.2 Å². The van der Waals surface area contributed by atoms with E-state index in [2.05, 4.69) is 0 Å². The molecule has 0 atom stereocenters. The van der Waals surface area contributed by atoms with Crippen molar-refractivity contribution in [2.45, 2.75) is 6.61 Å². The molecule has 0 radical (unpaired) electrons. The highest BCUT2D eigenvalue weighted by Gasteiger charge is 2.24. The number of nitrogen functional groups attached to an aromatic ring is 2. The van der Waals surface area contributed by atoms with Crippen LogP contribution >= 0.6 is 0 Å². The fourth-order valence-electron chi connectivity index (χ4n) is 3.23. The summed E-state index contributed by atoms with van der Waals surface area (Å²) in [7, 11) is 5.47. The van der Waals surface area contributed by atoms with E-state index in [-0.39, 0.29) is 23.6 Å². The van der Waals surface area contributed by atoms with Crippen LogP contribution in [0, 0.1) is 17.5 Å². The van der Waals surface area contributed by atoms with Gasteiger partial charge in [-0.1, -0.05) is 0 Å². The number of fused-ring (bicyclic) bond motifs is 1. The van der Waals surface area contributed by atoms with E-state index in [1.54, 1.807) is 11.9 Å². The van der Waals surface area contributed by atoms with Crippen molar-refractivity contribution in [3.63, 3.8) is 0 Å². The molecule has 3 aromatic rings. The summed E-state index contributed by atoms with van der Waals surface area (Å²) in [6.07, 6.45) is 0. The Hall–Kier alpha value is -3.57. The van der Waals surface area contributed by atoms with Crippen LogP contribution in [-0.2, 0) is 16.1 Å². The Morgan fingerprint density at radius 1 is 1.06 bits per heavy atom. The predicted molar refractivity (Wildman–Crippen MR) is 122 cm³/mol. The molecular formula is C23H25F3N4O4. The van der Waals surface area contributed by atoms with Crippen molar-refractivity contribution in [3.8, 4) is 11.3 Å². The van der Waals surface area contributed by atoms with Crippen molar-refractivity contribution in [1.29, 1.82) is 0 Å². The average molecular weight is 478 g/mol. The highest BCUT2D eigenvalue weighted by molar-refractivity contribution is 5.91. The number of likely N-dealkylation sites (N-methyl/N-ethyl adjacent to an activating group) is 2. The van der Waals surface area contributed by atoms with Gasteiger partial charge in [0.1, 0.15) is 18.2 Å². The molecule has 8 nitrogen and oxygen atoms in total. The highest BCUT2D eigenvalue weighted by atomic mass is 19.1. The number of hydrogen-bond donors (Lipinski definition) is 2. The van der Waals surface area contributed by atoms with E-state index in [1.807, 2.05) is 19.0 Å². The van der Waals surface area contributed by atoms with Gasteiger partial charge >= 0.3 is 5.97 Å². The van der Waals surface area contributed by atoms with E-state index >= 15 is 4.39 Å². The maximum Gasteiger partial charge on any atom is 0.320 e. The minimum Gasteiger partial charge on any atom is -0.460 e. The molecule has 0 spiro atoms. The van der Waals surface area contributed by atoms with Crippen molar-refractivity contribution in [1.82, 2.24) is 9.80 Å². The van der Waals surface area contributed by atoms with Gasteiger partial charge in [-0.15, -0.1) is 0 Å². The molecular weight excluding hydrogens is 453 g/mol. The minimum absolute atomic E-state index is 0.0952. The fraction of sp³-hybridized carbons (Fsp3) is 0.304. The zero-order chi connectivity index (χ0) is 25.2. The summed E-state index contributed by atoms with van der Waals surface area (Å²) in [6, 6.07) is 4.60. The number of nitrogens with zero attached hydrogens (tertiary/aromatic N) is 2. The number of ether oxygens (including phenoxy) is 1. The fourth-order valence-corrected chi connectivity index (χ4v) is 3.23. The second-order valence-electron chi connectivity index (χ2n) is 8.14. The Morgan fingerprint density at radius 2 is 1.76 bits per heavy atom. The van der Waals surface area contributed by atoms with Crippen LogP contribution in [0.25, 0.3) is 22.3 Å². The van der Waals surface area contributed by atoms with Gasteiger partial charge in [0, 0.05) is 24.7 Å². The van der Waals surface area contributed by atoms with Gasteiger partial charge in [0.15, 0.2) is 22.6 Å². The summed E-state index contributed by atoms with van der Waals surface area (Å²) in [5.41, 5.74) is 8.42. The molecule has 0 aliphatic carbocycles. The van der Waals surface area contributed by atoms with Crippen LogP contribution in [0.1, 0.15) is 5.56 Å². The molecule has 0 saturated heterocycles. The van der Waals surface area contributed by atoms with Crippen molar-refractivity contribution >= 4 is 28.3 Å². The first-order valence-electron chi connectivity index (χ1n) is 10.3.